The van der Waals surface area contributed by atoms with Gasteiger partial charge in [0.2, 0.25) is 0 Å². The lowest BCUT2D eigenvalue weighted by Crippen LogP contribution is -2.19. The molecule has 0 amide bonds. The van der Waals surface area contributed by atoms with E-state index in [9.17, 15) is 4.79 Å². The molecule has 0 aliphatic heterocycles. The second kappa shape index (κ2) is 11.0. The van der Waals surface area contributed by atoms with Crippen molar-refractivity contribution in [1.29, 1.82) is 5.26 Å². The third-order valence-corrected chi connectivity index (χ3v) is 2.77. The molecule has 0 spiro atoms. The number of hydrogen-bond donors (Lipinski definition) is 1. The molecule has 5 heteroatoms. The summed E-state index contributed by atoms with van der Waals surface area (Å²) in [4.78, 5) is 10.8. The van der Waals surface area contributed by atoms with Crippen LogP contribution in [-0.4, -0.2) is 37.5 Å². The number of nitrogens with zero attached hydrogens (tertiary/aromatic N) is 1. The van der Waals surface area contributed by atoms with Gasteiger partial charge in [0.15, 0.2) is 0 Å². The first-order chi connectivity index (χ1) is 8.65. The number of ether oxygens (including phenoxy) is 2. The summed E-state index contributed by atoms with van der Waals surface area (Å²) < 4.78 is 10.5. The fraction of sp³-hybridized carbons (Fsp3) is 0.846. The number of aliphatic carboxylic acids is 1. The SMILES string of the molecule is CCOCCC(CCOCC)CC(C#N)C(=O)O. The summed E-state index contributed by atoms with van der Waals surface area (Å²) in [5.41, 5.74) is 0. The lowest BCUT2D eigenvalue weighted by atomic mass is 9.90. The monoisotopic (exact) mass is 257 g/mol. The third kappa shape index (κ3) is 8.04. The minimum Gasteiger partial charge on any atom is -0.480 e. The average molecular weight is 257 g/mol. The van der Waals surface area contributed by atoms with E-state index in [4.69, 9.17) is 19.8 Å². The Bertz CT molecular complexity index is 252. The lowest BCUT2D eigenvalue weighted by molar-refractivity contribution is -0.140. The van der Waals surface area contributed by atoms with Crippen molar-refractivity contribution in [3.05, 3.63) is 0 Å². The van der Waals surface area contributed by atoms with E-state index in [1.807, 2.05) is 19.9 Å². The van der Waals surface area contributed by atoms with Gasteiger partial charge in [0.1, 0.15) is 5.92 Å². The predicted molar refractivity (Wildman–Crippen MR) is 67.1 cm³/mol. The largest absolute Gasteiger partial charge is 0.480 e. The molecule has 1 unspecified atom stereocenters. The Labute approximate surface area is 109 Å². The molecule has 0 fully saturated rings. The van der Waals surface area contributed by atoms with Crippen LogP contribution in [0.1, 0.15) is 33.1 Å². The minimum atomic E-state index is -1.05. The Hall–Kier alpha value is -1.12. The van der Waals surface area contributed by atoms with E-state index in [1.54, 1.807) is 0 Å². The van der Waals surface area contributed by atoms with E-state index in [1.165, 1.54) is 0 Å². The standard InChI is InChI=1S/C13H23NO4/c1-3-17-7-5-11(6-8-18-4-2)9-12(10-14)13(15)16/h11-12H,3-9H2,1-2H3,(H,15,16). The molecule has 0 saturated heterocycles. The molecule has 5 nitrogen and oxygen atoms in total. The Morgan fingerprint density at radius 3 is 2.06 bits per heavy atom. The molecule has 0 rings (SSSR count). The van der Waals surface area contributed by atoms with Crippen molar-refractivity contribution >= 4 is 5.97 Å². The number of nitriles is 1. The fourth-order valence-electron chi connectivity index (χ4n) is 1.71. The van der Waals surface area contributed by atoms with Crippen molar-refractivity contribution in [1.82, 2.24) is 0 Å². The molecule has 104 valence electrons. The number of rotatable bonds is 11. The van der Waals surface area contributed by atoms with Crippen LogP contribution in [0.5, 0.6) is 0 Å². The molecule has 18 heavy (non-hydrogen) atoms. The van der Waals surface area contributed by atoms with Crippen LogP contribution in [0, 0.1) is 23.2 Å². The van der Waals surface area contributed by atoms with E-state index in [0.29, 0.717) is 32.8 Å². The lowest BCUT2D eigenvalue weighted by Gasteiger charge is -2.17. The molecule has 0 aromatic carbocycles. The van der Waals surface area contributed by atoms with Crippen LogP contribution < -0.4 is 0 Å². The van der Waals surface area contributed by atoms with E-state index in [2.05, 4.69) is 0 Å². The van der Waals surface area contributed by atoms with Gasteiger partial charge >= 0.3 is 5.97 Å². The van der Waals surface area contributed by atoms with Crippen LogP contribution in [0.25, 0.3) is 0 Å². The van der Waals surface area contributed by atoms with Gasteiger partial charge in [-0.25, -0.2) is 0 Å². The van der Waals surface area contributed by atoms with Crippen molar-refractivity contribution in [2.75, 3.05) is 26.4 Å². The highest BCUT2D eigenvalue weighted by Gasteiger charge is 2.22. The zero-order valence-electron chi connectivity index (χ0n) is 11.2. The molecule has 0 aromatic heterocycles. The van der Waals surface area contributed by atoms with Gasteiger partial charge in [-0.15, -0.1) is 0 Å². The van der Waals surface area contributed by atoms with Gasteiger partial charge in [0, 0.05) is 26.4 Å². The van der Waals surface area contributed by atoms with E-state index >= 15 is 0 Å². The number of carbonyl (C=O) groups is 1. The molecule has 0 radical (unpaired) electrons. The van der Waals surface area contributed by atoms with Crippen LogP contribution in [0.3, 0.4) is 0 Å². The first-order valence-electron chi connectivity index (χ1n) is 6.43. The van der Waals surface area contributed by atoms with E-state index in [-0.39, 0.29) is 5.92 Å². The first kappa shape index (κ1) is 16.9. The predicted octanol–water partition coefficient (Wildman–Crippen LogP) is 2.07. The molecule has 0 aromatic rings. The molecule has 0 aliphatic carbocycles. The van der Waals surface area contributed by atoms with Crippen LogP contribution in [0.4, 0.5) is 0 Å². The Morgan fingerprint density at radius 2 is 1.72 bits per heavy atom. The summed E-state index contributed by atoms with van der Waals surface area (Å²) in [5, 5.41) is 17.7. The molecule has 0 bridgehead atoms. The maximum atomic E-state index is 10.8. The van der Waals surface area contributed by atoms with Crippen LogP contribution in [0.2, 0.25) is 0 Å². The molecule has 0 aliphatic rings. The summed E-state index contributed by atoms with van der Waals surface area (Å²) in [6, 6.07) is 1.83. The number of hydrogen-bond acceptors (Lipinski definition) is 4. The maximum absolute atomic E-state index is 10.8. The van der Waals surface area contributed by atoms with Crippen LogP contribution in [-0.2, 0) is 14.3 Å². The zero-order chi connectivity index (χ0) is 13.8. The molecule has 1 N–H and O–H groups in total. The van der Waals surface area contributed by atoms with Crippen molar-refractivity contribution in [2.45, 2.75) is 33.1 Å². The summed E-state index contributed by atoms with van der Waals surface area (Å²) in [6.07, 6.45) is 1.91. The van der Waals surface area contributed by atoms with Gasteiger partial charge in [-0.1, -0.05) is 0 Å². The van der Waals surface area contributed by atoms with Crippen LogP contribution in [0.15, 0.2) is 0 Å². The van der Waals surface area contributed by atoms with Gasteiger partial charge < -0.3 is 14.6 Å². The zero-order valence-corrected chi connectivity index (χ0v) is 11.2. The molecular weight excluding hydrogens is 234 g/mol. The minimum absolute atomic E-state index is 0.156. The highest BCUT2D eigenvalue weighted by molar-refractivity contribution is 5.72. The Kier molecular flexibility index (Phi) is 10.3. The van der Waals surface area contributed by atoms with Gasteiger partial charge in [-0.2, -0.15) is 5.26 Å². The highest BCUT2D eigenvalue weighted by Crippen LogP contribution is 2.20. The fourth-order valence-corrected chi connectivity index (χ4v) is 1.71. The summed E-state index contributed by atoms with van der Waals surface area (Å²) in [5.74, 6) is -1.82. The van der Waals surface area contributed by atoms with Crippen molar-refractivity contribution < 1.29 is 19.4 Å². The summed E-state index contributed by atoms with van der Waals surface area (Å²) in [6.45, 7) is 6.35. The maximum Gasteiger partial charge on any atom is 0.320 e. The second-order valence-corrected chi connectivity index (χ2v) is 4.09. The van der Waals surface area contributed by atoms with Crippen molar-refractivity contribution in [2.24, 2.45) is 11.8 Å². The van der Waals surface area contributed by atoms with Gasteiger partial charge in [-0.05, 0) is 39.0 Å². The van der Waals surface area contributed by atoms with Crippen LogP contribution >= 0.6 is 0 Å². The second-order valence-electron chi connectivity index (χ2n) is 4.09. The smallest absolute Gasteiger partial charge is 0.320 e. The highest BCUT2D eigenvalue weighted by atomic mass is 16.5. The summed E-state index contributed by atoms with van der Waals surface area (Å²) >= 11 is 0. The van der Waals surface area contributed by atoms with Crippen molar-refractivity contribution in [3.8, 4) is 6.07 Å². The molecule has 1 atom stereocenters. The Balaban J connectivity index is 4.17. The molecule has 0 saturated carbocycles. The van der Waals surface area contributed by atoms with Crippen molar-refractivity contribution in [3.63, 3.8) is 0 Å². The number of carboxylic acids is 1. The third-order valence-electron chi connectivity index (χ3n) is 2.77. The topological polar surface area (TPSA) is 79.5 Å². The molecular formula is C13H23NO4. The van der Waals surface area contributed by atoms with Gasteiger partial charge in [-0.3, -0.25) is 4.79 Å². The van der Waals surface area contributed by atoms with E-state index in [0.717, 1.165) is 12.8 Å². The molecule has 0 heterocycles. The number of carboxylic acid groups (broad SMARTS) is 1. The van der Waals surface area contributed by atoms with Gasteiger partial charge in [0.05, 0.1) is 6.07 Å². The average Bonchev–Trinajstić information content (AvgIpc) is 2.35. The normalized spacial score (nSPS) is 12.3. The van der Waals surface area contributed by atoms with E-state index < -0.39 is 11.9 Å². The first-order valence-corrected chi connectivity index (χ1v) is 6.43. The quantitative estimate of drug-likeness (QED) is 0.573. The Morgan fingerprint density at radius 1 is 1.22 bits per heavy atom. The van der Waals surface area contributed by atoms with Gasteiger partial charge in [0.25, 0.3) is 0 Å². The summed E-state index contributed by atoms with van der Waals surface area (Å²) in [7, 11) is 0.